The maximum atomic E-state index is 11.4. The minimum atomic E-state index is -0.339. The molecule has 1 aliphatic carbocycles. The largest absolute Gasteiger partial charge is 0.368 e. The van der Waals surface area contributed by atoms with Gasteiger partial charge < -0.3 is 16.0 Å². The normalized spacial score (nSPS) is 22.0. The summed E-state index contributed by atoms with van der Waals surface area (Å²) in [7, 11) is 0. The van der Waals surface area contributed by atoms with Crippen LogP contribution in [0.15, 0.2) is 18.2 Å². The maximum absolute atomic E-state index is 11.4. The van der Waals surface area contributed by atoms with E-state index in [2.05, 4.69) is 22.3 Å². The Hall–Kier alpha value is -1.55. The topological polar surface area (TPSA) is 58.4 Å². The number of benzene rings is 1. The lowest BCUT2D eigenvalue weighted by Gasteiger charge is -2.32. The second-order valence-electron chi connectivity index (χ2n) is 6.46. The summed E-state index contributed by atoms with van der Waals surface area (Å²) in [5, 5.41) is 3.50. The molecule has 0 radical (unpaired) electrons. The van der Waals surface area contributed by atoms with Crippen LogP contribution in [-0.4, -0.2) is 31.6 Å². The van der Waals surface area contributed by atoms with Crippen molar-refractivity contribution in [3.05, 3.63) is 29.3 Å². The van der Waals surface area contributed by atoms with Crippen molar-refractivity contribution in [3.63, 3.8) is 0 Å². The minimum absolute atomic E-state index is 0.339. The monoisotopic (exact) mass is 287 g/mol. The van der Waals surface area contributed by atoms with Crippen molar-refractivity contribution in [2.45, 2.75) is 38.6 Å². The fourth-order valence-corrected chi connectivity index (χ4v) is 3.31. The van der Waals surface area contributed by atoms with E-state index < -0.39 is 0 Å². The van der Waals surface area contributed by atoms with Gasteiger partial charge in [-0.05, 0) is 75.4 Å². The van der Waals surface area contributed by atoms with Crippen LogP contribution in [0.25, 0.3) is 0 Å². The third kappa shape index (κ3) is 3.38. The van der Waals surface area contributed by atoms with Crippen molar-refractivity contribution >= 4 is 11.6 Å². The lowest BCUT2D eigenvalue weighted by atomic mass is 9.98. The van der Waals surface area contributed by atoms with Crippen molar-refractivity contribution in [2.75, 3.05) is 24.5 Å². The zero-order chi connectivity index (χ0) is 14.8. The number of piperidine rings is 1. The van der Waals surface area contributed by atoms with Crippen LogP contribution in [0.3, 0.4) is 0 Å². The van der Waals surface area contributed by atoms with Gasteiger partial charge in [0, 0.05) is 23.8 Å². The molecule has 3 rings (SSSR count). The molecule has 0 aromatic heterocycles. The molecule has 1 aromatic rings. The second-order valence-corrected chi connectivity index (χ2v) is 6.46. The summed E-state index contributed by atoms with van der Waals surface area (Å²) in [4.78, 5) is 13.9. The molecule has 4 heteroatoms. The molecule has 1 aliphatic heterocycles. The Kier molecular flexibility index (Phi) is 4.15. The van der Waals surface area contributed by atoms with Gasteiger partial charge in [0.1, 0.15) is 0 Å². The molecule has 2 aliphatic rings. The maximum Gasteiger partial charge on any atom is 0.248 e. The van der Waals surface area contributed by atoms with Crippen LogP contribution in [0.2, 0.25) is 0 Å². The third-order valence-electron chi connectivity index (χ3n) is 4.65. The molecule has 1 saturated carbocycles. The van der Waals surface area contributed by atoms with Gasteiger partial charge in [-0.2, -0.15) is 0 Å². The van der Waals surface area contributed by atoms with Gasteiger partial charge in [-0.25, -0.2) is 0 Å². The Bertz CT molecular complexity index is 519. The highest BCUT2D eigenvalue weighted by Crippen LogP contribution is 2.33. The Morgan fingerprint density at radius 2 is 2.19 bits per heavy atom. The molecule has 1 unspecified atom stereocenters. The Morgan fingerprint density at radius 3 is 2.76 bits per heavy atom. The van der Waals surface area contributed by atoms with Gasteiger partial charge in [0.25, 0.3) is 0 Å². The first kappa shape index (κ1) is 14.4. The van der Waals surface area contributed by atoms with Gasteiger partial charge in [-0.1, -0.05) is 0 Å². The first-order valence-corrected chi connectivity index (χ1v) is 8.03. The number of primary amides is 1. The molecule has 1 saturated heterocycles. The molecule has 3 N–H and O–H groups in total. The average molecular weight is 287 g/mol. The van der Waals surface area contributed by atoms with Crippen molar-refractivity contribution in [1.82, 2.24) is 5.32 Å². The van der Waals surface area contributed by atoms with Gasteiger partial charge in [-0.3, -0.25) is 4.79 Å². The van der Waals surface area contributed by atoms with E-state index in [0.29, 0.717) is 11.6 Å². The number of carbonyl (C=O) groups excluding carboxylic acids is 1. The number of amides is 1. The summed E-state index contributed by atoms with van der Waals surface area (Å²) in [6.07, 6.45) is 5.17. The molecule has 0 bridgehead atoms. The Morgan fingerprint density at radius 1 is 1.38 bits per heavy atom. The molecule has 2 fully saturated rings. The average Bonchev–Trinajstić information content (AvgIpc) is 3.30. The molecule has 0 spiro atoms. The quantitative estimate of drug-likeness (QED) is 0.871. The number of anilines is 1. The zero-order valence-corrected chi connectivity index (χ0v) is 12.8. The molecule has 114 valence electrons. The van der Waals surface area contributed by atoms with Crippen LogP contribution < -0.4 is 16.0 Å². The summed E-state index contributed by atoms with van der Waals surface area (Å²) in [6, 6.07) is 6.74. The molecular weight excluding hydrogens is 262 g/mol. The minimum Gasteiger partial charge on any atom is -0.368 e. The highest BCUT2D eigenvalue weighted by atomic mass is 16.1. The van der Waals surface area contributed by atoms with E-state index in [-0.39, 0.29) is 5.91 Å². The number of carbonyl (C=O) groups is 1. The predicted octanol–water partition coefficient (Wildman–Crippen LogP) is 2.06. The third-order valence-corrected chi connectivity index (χ3v) is 4.65. The first-order chi connectivity index (χ1) is 10.1. The van der Waals surface area contributed by atoms with Gasteiger partial charge in [-0.15, -0.1) is 0 Å². The van der Waals surface area contributed by atoms with Crippen LogP contribution in [0.4, 0.5) is 5.69 Å². The number of hydrogen-bond donors (Lipinski definition) is 2. The second kappa shape index (κ2) is 6.06. The number of aryl methyl sites for hydroxylation is 1. The molecule has 1 aromatic carbocycles. The molecule has 1 heterocycles. The number of nitrogens with two attached hydrogens (primary N) is 1. The SMILES string of the molecule is Cc1cc(N(CC2CCCNC2)C2CC2)ccc1C(N)=O. The van der Waals surface area contributed by atoms with E-state index in [1.54, 1.807) is 0 Å². The summed E-state index contributed by atoms with van der Waals surface area (Å²) in [5.74, 6) is 0.393. The zero-order valence-electron chi connectivity index (χ0n) is 12.8. The number of hydrogen-bond acceptors (Lipinski definition) is 3. The van der Waals surface area contributed by atoms with E-state index in [1.165, 1.54) is 31.4 Å². The fourth-order valence-electron chi connectivity index (χ4n) is 3.31. The van der Waals surface area contributed by atoms with Crippen LogP contribution in [0, 0.1) is 12.8 Å². The predicted molar refractivity (Wildman–Crippen MR) is 85.7 cm³/mol. The van der Waals surface area contributed by atoms with Crippen LogP contribution in [0.1, 0.15) is 41.6 Å². The van der Waals surface area contributed by atoms with E-state index in [1.807, 2.05) is 13.0 Å². The summed E-state index contributed by atoms with van der Waals surface area (Å²) in [5.41, 5.74) is 8.26. The van der Waals surface area contributed by atoms with E-state index in [4.69, 9.17) is 5.73 Å². The van der Waals surface area contributed by atoms with Crippen molar-refractivity contribution in [2.24, 2.45) is 11.7 Å². The van der Waals surface area contributed by atoms with Gasteiger partial charge in [0.05, 0.1) is 0 Å². The fraction of sp³-hybridized carbons (Fsp3) is 0.588. The highest BCUT2D eigenvalue weighted by molar-refractivity contribution is 5.94. The molecule has 1 atom stereocenters. The summed E-state index contributed by atoms with van der Waals surface area (Å²) >= 11 is 0. The standard InChI is InChI=1S/C17H25N3O/c1-12-9-15(6-7-16(12)17(18)21)20(14-4-5-14)11-13-3-2-8-19-10-13/h6-7,9,13-14,19H,2-5,8,10-11H2,1H3,(H2,18,21). The number of rotatable bonds is 5. The lowest BCUT2D eigenvalue weighted by Crippen LogP contribution is -2.39. The Balaban J connectivity index is 1.77. The number of nitrogens with one attached hydrogen (secondary N) is 1. The van der Waals surface area contributed by atoms with Crippen LogP contribution in [-0.2, 0) is 0 Å². The lowest BCUT2D eigenvalue weighted by molar-refractivity contribution is 0.0999. The van der Waals surface area contributed by atoms with Gasteiger partial charge >= 0.3 is 0 Å². The van der Waals surface area contributed by atoms with Gasteiger partial charge in [0.2, 0.25) is 5.91 Å². The van der Waals surface area contributed by atoms with Crippen molar-refractivity contribution < 1.29 is 4.79 Å². The van der Waals surface area contributed by atoms with E-state index in [0.717, 1.165) is 31.1 Å². The van der Waals surface area contributed by atoms with Crippen molar-refractivity contribution in [3.8, 4) is 0 Å². The molecule has 4 nitrogen and oxygen atoms in total. The molecular formula is C17H25N3O. The molecule has 1 amide bonds. The van der Waals surface area contributed by atoms with Gasteiger partial charge in [0.15, 0.2) is 0 Å². The smallest absolute Gasteiger partial charge is 0.248 e. The van der Waals surface area contributed by atoms with Crippen molar-refractivity contribution in [1.29, 1.82) is 0 Å². The summed E-state index contributed by atoms with van der Waals surface area (Å²) in [6.45, 7) is 5.37. The first-order valence-electron chi connectivity index (χ1n) is 8.03. The Labute approximate surface area is 126 Å². The summed E-state index contributed by atoms with van der Waals surface area (Å²) < 4.78 is 0. The van der Waals surface area contributed by atoms with E-state index >= 15 is 0 Å². The van der Waals surface area contributed by atoms with Crippen LogP contribution in [0.5, 0.6) is 0 Å². The number of nitrogens with zero attached hydrogens (tertiary/aromatic N) is 1. The van der Waals surface area contributed by atoms with Crippen LogP contribution >= 0.6 is 0 Å². The molecule has 21 heavy (non-hydrogen) atoms. The highest BCUT2D eigenvalue weighted by Gasteiger charge is 2.31. The van der Waals surface area contributed by atoms with E-state index in [9.17, 15) is 4.79 Å².